The van der Waals surface area contributed by atoms with Crippen LogP contribution >= 0.6 is 0 Å². The minimum Gasteiger partial charge on any atom is -0.507 e. The molecule has 2 aromatic carbocycles. The van der Waals surface area contributed by atoms with Crippen molar-refractivity contribution in [1.29, 1.82) is 0 Å². The van der Waals surface area contributed by atoms with Crippen LogP contribution in [-0.2, 0) is 4.79 Å². The number of phenols is 1. The minimum atomic E-state index is -0.334. The normalized spacial score (nSPS) is 10.8. The molecule has 0 atom stereocenters. The van der Waals surface area contributed by atoms with E-state index in [1.54, 1.807) is 12.1 Å². The highest BCUT2D eigenvalue weighted by atomic mass is 16.5. The van der Waals surface area contributed by atoms with Gasteiger partial charge in [0, 0.05) is 0 Å². The molecule has 0 radical (unpaired) electrons. The maximum atomic E-state index is 11.8. The van der Waals surface area contributed by atoms with Crippen molar-refractivity contribution < 1.29 is 14.6 Å². The zero-order valence-corrected chi connectivity index (χ0v) is 14.4. The standard InChI is InChI=1S/C19H22N2O3/c1-12-5-6-13(2)17(7-12)24-11-18(22)21-20-10-16-8-14(3)19(23)15(4)9-16/h5-10,23H,11H2,1-4H3,(H,21,22)/b20-10+. The number of carbonyl (C=O) groups excluding carboxylic acids is 1. The van der Waals surface area contributed by atoms with Crippen LogP contribution in [0.25, 0.3) is 0 Å². The first kappa shape index (κ1) is 17.5. The summed E-state index contributed by atoms with van der Waals surface area (Å²) < 4.78 is 5.52. The first-order valence-electron chi connectivity index (χ1n) is 7.69. The second-order valence-electron chi connectivity index (χ2n) is 5.85. The van der Waals surface area contributed by atoms with Crippen molar-refractivity contribution >= 4 is 12.1 Å². The summed E-state index contributed by atoms with van der Waals surface area (Å²) in [6.45, 7) is 7.43. The molecule has 0 aromatic heterocycles. The van der Waals surface area contributed by atoms with E-state index in [2.05, 4.69) is 10.5 Å². The third-order valence-corrected chi connectivity index (χ3v) is 3.62. The third-order valence-electron chi connectivity index (χ3n) is 3.62. The molecule has 24 heavy (non-hydrogen) atoms. The van der Waals surface area contributed by atoms with Crippen LogP contribution in [0.15, 0.2) is 35.4 Å². The molecule has 126 valence electrons. The van der Waals surface area contributed by atoms with E-state index >= 15 is 0 Å². The van der Waals surface area contributed by atoms with Crippen LogP contribution in [0.1, 0.15) is 27.8 Å². The number of benzene rings is 2. The monoisotopic (exact) mass is 326 g/mol. The van der Waals surface area contributed by atoms with E-state index in [0.717, 1.165) is 27.8 Å². The van der Waals surface area contributed by atoms with Crippen molar-refractivity contribution in [1.82, 2.24) is 5.43 Å². The van der Waals surface area contributed by atoms with Crippen molar-refractivity contribution in [2.45, 2.75) is 27.7 Å². The Bertz CT molecular complexity index is 759. The fourth-order valence-corrected chi connectivity index (χ4v) is 2.28. The number of hydrazone groups is 1. The highest BCUT2D eigenvalue weighted by molar-refractivity contribution is 5.83. The minimum absolute atomic E-state index is 0.102. The number of amides is 1. The Labute approximate surface area is 142 Å². The summed E-state index contributed by atoms with van der Waals surface area (Å²) in [6.07, 6.45) is 1.54. The number of ether oxygens (including phenoxy) is 1. The Morgan fingerprint density at radius 3 is 2.46 bits per heavy atom. The van der Waals surface area contributed by atoms with Gasteiger partial charge in [-0.3, -0.25) is 4.79 Å². The predicted octanol–water partition coefficient (Wildman–Crippen LogP) is 3.15. The summed E-state index contributed by atoms with van der Waals surface area (Å²) in [7, 11) is 0. The van der Waals surface area contributed by atoms with Gasteiger partial charge in [0.05, 0.1) is 6.21 Å². The van der Waals surface area contributed by atoms with E-state index in [4.69, 9.17) is 4.74 Å². The Kier molecular flexibility index (Phi) is 5.58. The van der Waals surface area contributed by atoms with Crippen molar-refractivity contribution in [2.75, 3.05) is 6.61 Å². The number of phenolic OH excluding ortho intramolecular Hbond substituents is 1. The maximum absolute atomic E-state index is 11.8. The number of rotatable bonds is 5. The van der Waals surface area contributed by atoms with Crippen molar-refractivity contribution in [3.8, 4) is 11.5 Å². The van der Waals surface area contributed by atoms with E-state index in [1.165, 1.54) is 6.21 Å². The molecule has 0 spiro atoms. The van der Waals surface area contributed by atoms with Gasteiger partial charge in [-0.2, -0.15) is 5.10 Å². The summed E-state index contributed by atoms with van der Waals surface area (Å²) in [6, 6.07) is 9.44. The molecule has 1 amide bonds. The number of hydrogen-bond acceptors (Lipinski definition) is 4. The smallest absolute Gasteiger partial charge is 0.277 e. The van der Waals surface area contributed by atoms with Crippen LogP contribution in [0.3, 0.4) is 0 Å². The first-order chi connectivity index (χ1) is 11.4. The number of carbonyl (C=O) groups is 1. The molecule has 0 unspecified atom stereocenters. The predicted molar refractivity (Wildman–Crippen MR) is 94.7 cm³/mol. The van der Waals surface area contributed by atoms with Crippen LogP contribution < -0.4 is 10.2 Å². The topological polar surface area (TPSA) is 70.9 Å². The molecular weight excluding hydrogens is 304 g/mol. The fraction of sp³-hybridized carbons (Fsp3) is 0.263. The molecule has 0 fully saturated rings. The molecule has 0 saturated carbocycles. The molecule has 0 bridgehead atoms. The molecule has 5 heteroatoms. The summed E-state index contributed by atoms with van der Waals surface area (Å²) in [5.74, 6) is 0.636. The van der Waals surface area contributed by atoms with Crippen LogP contribution in [-0.4, -0.2) is 23.8 Å². The molecule has 0 aliphatic heterocycles. The lowest BCUT2D eigenvalue weighted by molar-refractivity contribution is -0.123. The summed E-state index contributed by atoms with van der Waals surface area (Å²) in [5.41, 5.74) is 6.82. The van der Waals surface area contributed by atoms with Crippen LogP contribution in [0.2, 0.25) is 0 Å². The van der Waals surface area contributed by atoms with E-state index in [1.807, 2.05) is 45.9 Å². The van der Waals surface area contributed by atoms with E-state index < -0.39 is 0 Å². The summed E-state index contributed by atoms with van der Waals surface area (Å²) >= 11 is 0. The largest absolute Gasteiger partial charge is 0.507 e. The number of nitrogens with one attached hydrogen (secondary N) is 1. The molecule has 2 aromatic rings. The van der Waals surface area contributed by atoms with E-state index in [-0.39, 0.29) is 18.3 Å². The molecule has 5 nitrogen and oxygen atoms in total. The Balaban J connectivity index is 1.90. The number of aryl methyl sites for hydroxylation is 4. The van der Waals surface area contributed by atoms with Crippen LogP contribution in [0, 0.1) is 27.7 Å². The van der Waals surface area contributed by atoms with Crippen molar-refractivity contribution in [2.24, 2.45) is 5.10 Å². The molecule has 0 saturated heterocycles. The van der Waals surface area contributed by atoms with Gasteiger partial charge in [-0.25, -0.2) is 5.43 Å². The van der Waals surface area contributed by atoms with Crippen LogP contribution in [0.5, 0.6) is 11.5 Å². The zero-order valence-electron chi connectivity index (χ0n) is 14.4. The van der Waals surface area contributed by atoms with Crippen LogP contribution in [0.4, 0.5) is 0 Å². The van der Waals surface area contributed by atoms with Gasteiger partial charge < -0.3 is 9.84 Å². The van der Waals surface area contributed by atoms with Gasteiger partial charge >= 0.3 is 0 Å². The molecule has 2 rings (SSSR count). The van der Waals surface area contributed by atoms with Gasteiger partial charge in [-0.05, 0) is 73.7 Å². The summed E-state index contributed by atoms with van der Waals surface area (Å²) in [5, 5.41) is 13.7. The molecule has 0 aliphatic rings. The average molecular weight is 326 g/mol. The number of aromatic hydroxyl groups is 1. The van der Waals surface area contributed by atoms with Gasteiger partial charge in [0.25, 0.3) is 5.91 Å². The van der Waals surface area contributed by atoms with Gasteiger partial charge in [0.15, 0.2) is 6.61 Å². The fourth-order valence-electron chi connectivity index (χ4n) is 2.28. The lowest BCUT2D eigenvalue weighted by Gasteiger charge is -2.09. The molecule has 0 heterocycles. The maximum Gasteiger partial charge on any atom is 0.277 e. The van der Waals surface area contributed by atoms with Gasteiger partial charge in [0.2, 0.25) is 0 Å². The Hall–Kier alpha value is -2.82. The van der Waals surface area contributed by atoms with Gasteiger partial charge in [-0.1, -0.05) is 12.1 Å². The highest BCUT2D eigenvalue weighted by Crippen LogP contribution is 2.22. The van der Waals surface area contributed by atoms with Crippen molar-refractivity contribution in [3.05, 3.63) is 58.1 Å². The van der Waals surface area contributed by atoms with Crippen molar-refractivity contribution in [3.63, 3.8) is 0 Å². The quantitative estimate of drug-likeness (QED) is 0.655. The number of hydrogen-bond donors (Lipinski definition) is 2. The van der Waals surface area contributed by atoms with Gasteiger partial charge in [0.1, 0.15) is 11.5 Å². The molecular formula is C19H22N2O3. The average Bonchev–Trinajstić information content (AvgIpc) is 2.53. The number of nitrogens with zero attached hydrogens (tertiary/aromatic N) is 1. The Morgan fingerprint density at radius 1 is 1.12 bits per heavy atom. The lowest BCUT2D eigenvalue weighted by atomic mass is 10.1. The molecule has 0 aliphatic carbocycles. The Morgan fingerprint density at radius 2 is 1.79 bits per heavy atom. The molecule has 2 N–H and O–H groups in total. The lowest BCUT2D eigenvalue weighted by Crippen LogP contribution is -2.24. The summed E-state index contributed by atoms with van der Waals surface area (Å²) in [4.78, 5) is 11.8. The second kappa shape index (κ2) is 7.64. The van der Waals surface area contributed by atoms with E-state index in [0.29, 0.717) is 5.75 Å². The first-order valence-corrected chi connectivity index (χ1v) is 7.69. The van der Waals surface area contributed by atoms with E-state index in [9.17, 15) is 9.90 Å². The SMILES string of the molecule is Cc1ccc(C)c(OCC(=O)N/N=C/c2cc(C)c(O)c(C)c2)c1. The second-order valence-corrected chi connectivity index (χ2v) is 5.85. The zero-order chi connectivity index (χ0) is 17.7. The van der Waals surface area contributed by atoms with Gasteiger partial charge in [-0.15, -0.1) is 0 Å². The highest BCUT2D eigenvalue weighted by Gasteiger charge is 2.05. The third kappa shape index (κ3) is 4.59.